The number of phenols is 1. The van der Waals surface area contributed by atoms with E-state index < -0.39 is 23.6 Å². The summed E-state index contributed by atoms with van der Waals surface area (Å²) in [6.07, 6.45) is 10.5. The van der Waals surface area contributed by atoms with Crippen LogP contribution in [0.2, 0.25) is 0 Å². The number of hydrogen-bond donors (Lipinski definition) is 2. The van der Waals surface area contributed by atoms with E-state index in [1.165, 1.54) is 19.3 Å². The van der Waals surface area contributed by atoms with Crippen LogP contribution in [0, 0.1) is 5.92 Å². The van der Waals surface area contributed by atoms with Crippen molar-refractivity contribution in [2.75, 3.05) is 39.3 Å². The molecule has 3 aromatic carbocycles. The normalized spacial score (nSPS) is 23.6. The lowest BCUT2D eigenvalue weighted by atomic mass is 9.84. The third kappa shape index (κ3) is 9.14. The Morgan fingerprint density at radius 2 is 1.33 bits per heavy atom. The molecule has 3 aliphatic heterocycles. The molecule has 7 rings (SSSR count). The molecule has 4 aliphatic rings. The maximum atomic E-state index is 14.3. The molecule has 1 saturated carbocycles. The molecule has 0 bridgehead atoms. The zero-order chi connectivity index (χ0) is 37.4. The van der Waals surface area contributed by atoms with Crippen molar-refractivity contribution in [1.82, 2.24) is 24.9 Å². The fourth-order valence-corrected chi connectivity index (χ4v) is 9.33. The SMILES string of the molecule is O=C1NCC(Cc2ccccc2)N(CC2CCCN2CC(CC2CCCCC2)N2CC(Cc3ccc(O)cc3)N(CCc3ccccc3)C(=O)C2=O)C1=O. The first-order valence-electron chi connectivity index (χ1n) is 20.1. The lowest BCUT2D eigenvalue weighted by Crippen LogP contribution is -2.64. The van der Waals surface area contributed by atoms with Crippen LogP contribution < -0.4 is 5.32 Å². The number of nitrogens with zero attached hydrogens (tertiary/aromatic N) is 4. The zero-order valence-corrected chi connectivity index (χ0v) is 31.4. The van der Waals surface area contributed by atoms with Crippen molar-refractivity contribution in [3.63, 3.8) is 0 Å². The Labute approximate surface area is 319 Å². The predicted molar refractivity (Wildman–Crippen MR) is 207 cm³/mol. The summed E-state index contributed by atoms with van der Waals surface area (Å²) in [7, 11) is 0. The van der Waals surface area contributed by atoms with Crippen LogP contribution in [0.4, 0.5) is 0 Å². The van der Waals surface area contributed by atoms with Crippen molar-refractivity contribution in [2.24, 2.45) is 5.92 Å². The number of nitrogens with one attached hydrogen (secondary N) is 1. The van der Waals surface area contributed by atoms with E-state index in [0.29, 0.717) is 57.9 Å². The Hall–Kier alpha value is -4.70. The molecule has 4 amide bonds. The first kappa shape index (κ1) is 37.6. The van der Waals surface area contributed by atoms with Gasteiger partial charge in [-0.25, -0.2) is 0 Å². The fraction of sp³-hybridized carbons (Fsp3) is 0.500. The molecule has 3 saturated heterocycles. The van der Waals surface area contributed by atoms with Gasteiger partial charge in [0, 0.05) is 44.8 Å². The maximum absolute atomic E-state index is 14.3. The molecule has 4 unspecified atom stereocenters. The average Bonchev–Trinajstić information content (AvgIpc) is 3.63. The third-order valence-electron chi connectivity index (χ3n) is 12.3. The van der Waals surface area contributed by atoms with Gasteiger partial charge in [0.05, 0.1) is 12.1 Å². The topological polar surface area (TPSA) is 114 Å². The molecule has 0 spiro atoms. The Bertz CT molecular complexity index is 1730. The lowest BCUT2D eigenvalue weighted by Gasteiger charge is -2.46. The van der Waals surface area contributed by atoms with Gasteiger partial charge in [0.15, 0.2) is 0 Å². The second-order valence-electron chi connectivity index (χ2n) is 15.9. The van der Waals surface area contributed by atoms with E-state index in [0.717, 1.165) is 55.3 Å². The molecule has 3 heterocycles. The summed E-state index contributed by atoms with van der Waals surface area (Å²) in [6, 6.07) is 26.9. The highest BCUT2D eigenvalue weighted by Gasteiger charge is 2.44. The van der Waals surface area contributed by atoms with E-state index in [4.69, 9.17) is 0 Å². The lowest BCUT2D eigenvalue weighted by molar-refractivity contribution is -0.161. The minimum absolute atomic E-state index is 0.0535. The monoisotopic (exact) mass is 733 g/mol. The first-order chi connectivity index (χ1) is 26.3. The highest BCUT2D eigenvalue weighted by Crippen LogP contribution is 2.32. The smallest absolute Gasteiger partial charge is 0.312 e. The number of carbonyl (C=O) groups excluding carboxylic acids is 4. The predicted octanol–water partition coefficient (Wildman–Crippen LogP) is 4.59. The third-order valence-corrected chi connectivity index (χ3v) is 12.3. The molecule has 0 radical (unpaired) electrons. The van der Waals surface area contributed by atoms with Gasteiger partial charge in [0.2, 0.25) is 0 Å². The van der Waals surface area contributed by atoms with Crippen LogP contribution in [-0.4, -0.2) is 112 Å². The molecule has 10 heteroatoms. The van der Waals surface area contributed by atoms with Crippen LogP contribution in [0.1, 0.15) is 68.1 Å². The first-order valence-corrected chi connectivity index (χ1v) is 20.1. The quantitative estimate of drug-likeness (QED) is 0.235. The van der Waals surface area contributed by atoms with Crippen LogP contribution in [0.15, 0.2) is 84.9 Å². The summed E-state index contributed by atoms with van der Waals surface area (Å²) in [5, 5.41) is 12.8. The van der Waals surface area contributed by atoms with Crippen LogP contribution in [0.25, 0.3) is 0 Å². The molecule has 10 nitrogen and oxygen atoms in total. The molecular formula is C44H55N5O5. The number of amides is 4. The van der Waals surface area contributed by atoms with Crippen LogP contribution in [-0.2, 0) is 38.4 Å². The fourth-order valence-electron chi connectivity index (χ4n) is 9.33. The summed E-state index contributed by atoms with van der Waals surface area (Å²) in [5.41, 5.74) is 3.25. The number of phenolic OH excluding ortho intramolecular Hbond substituents is 1. The minimum atomic E-state index is -0.548. The van der Waals surface area contributed by atoms with Crippen molar-refractivity contribution in [2.45, 2.75) is 94.8 Å². The number of benzene rings is 3. The second kappa shape index (κ2) is 17.6. The molecule has 3 aromatic rings. The van der Waals surface area contributed by atoms with Gasteiger partial charge in [0.25, 0.3) is 0 Å². The van der Waals surface area contributed by atoms with Crippen molar-refractivity contribution in [3.05, 3.63) is 102 Å². The molecular weight excluding hydrogens is 679 g/mol. The Morgan fingerprint density at radius 3 is 2.06 bits per heavy atom. The van der Waals surface area contributed by atoms with E-state index in [9.17, 15) is 24.3 Å². The van der Waals surface area contributed by atoms with Gasteiger partial charge in [-0.15, -0.1) is 0 Å². The van der Waals surface area contributed by atoms with Crippen LogP contribution >= 0.6 is 0 Å². The Balaban J connectivity index is 1.12. The van der Waals surface area contributed by atoms with Crippen LogP contribution in [0.3, 0.4) is 0 Å². The van der Waals surface area contributed by atoms with E-state index >= 15 is 0 Å². The van der Waals surface area contributed by atoms with Gasteiger partial charge in [-0.1, -0.05) is 105 Å². The van der Waals surface area contributed by atoms with Gasteiger partial charge >= 0.3 is 23.6 Å². The van der Waals surface area contributed by atoms with Gasteiger partial charge in [-0.2, -0.15) is 0 Å². The van der Waals surface area contributed by atoms with Crippen molar-refractivity contribution in [1.29, 1.82) is 0 Å². The molecule has 1 aliphatic carbocycles. The largest absolute Gasteiger partial charge is 0.508 e. The van der Waals surface area contributed by atoms with Crippen LogP contribution in [0.5, 0.6) is 5.75 Å². The van der Waals surface area contributed by atoms with Crippen molar-refractivity contribution < 1.29 is 24.3 Å². The summed E-state index contributed by atoms with van der Waals surface area (Å²) >= 11 is 0. The van der Waals surface area contributed by atoms with Crippen molar-refractivity contribution >= 4 is 23.6 Å². The number of rotatable bonds is 14. The summed E-state index contributed by atoms with van der Waals surface area (Å²) in [4.78, 5) is 62.5. The van der Waals surface area contributed by atoms with E-state index in [1.54, 1.807) is 21.9 Å². The standard InChI is InChI=1S/C44H55N5O5/c50-40-20-18-35(19-21-40)27-39-31-49(44(54)43(53)47(39)24-22-32-11-4-1-5-12-32)38(26-34-15-8-3-9-16-34)29-46-23-10-17-36(46)30-48-37(28-45-41(51)42(48)52)25-33-13-6-2-7-14-33/h1-2,4-7,11-14,18-21,34,36-39,50H,3,8-10,15-17,22-31H2,(H,45,51). The summed E-state index contributed by atoms with van der Waals surface area (Å²) in [6.45, 7) is 3.26. The highest BCUT2D eigenvalue weighted by atomic mass is 16.3. The van der Waals surface area contributed by atoms with Gasteiger partial charge in [-0.3, -0.25) is 24.1 Å². The van der Waals surface area contributed by atoms with E-state index in [2.05, 4.69) is 34.5 Å². The van der Waals surface area contributed by atoms with Gasteiger partial charge in [-0.05, 0) is 79.8 Å². The second-order valence-corrected chi connectivity index (χ2v) is 15.9. The van der Waals surface area contributed by atoms with Gasteiger partial charge in [0.1, 0.15) is 5.75 Å². The number of aromatic hydroxyl groups is 1. The Morgan fingerprint density at radius 1 is 0.667 bits per heavy atom. The van der Waals surface area contributed by atoms with Crippen molar-refractivity contribution in [3.8, 4) is 5.75 Å². The van der Waals surface area contributed by atoms with E-state index in [1.807, 2.05) is 53.4 Å². The number of piperazine rings is 2. The zero-order valence-electron chi connectivity index (χ0n) is 31.4. The molecule has 0 aromatic heterocycles. The molecule has 2 N–H and O–H groups in total. The molecule has 4 fully saturated rings. The Kier molecular flexibility index (Phi) is 12.3. The summed E-state index contributed by atoms with van der Waals surface area (Å²) < 4.78 is 0. The molecule has 286 valence electrons. The minimum Gasteiger partial charge on any atom is -0.508 e. The number of hydrogen-bond acceptors (Lipinski definition) is 6. The van der Waals surface area contributed by atoms with E-state index in [-0.39, 0.29) is 29.9 Å². The molecule has 4 atom stereocenters. The summed E-state index contributed by atoms with van der Waals surface area (Å²) in [5.74, 6) is -1.21. The average molecular weight is 734 g/mol. The number of carbonyl (C=O) groups is 4. The number of likely N-dealkylation sites (tertiary alicyclic amines) is 1. The van der Waals surface area contributed by atoms with Gasteiger partial charge < -0.3 is 25.1 Å². The highest BCUT2D eigenvalue weighted by molar-refractivity contribution is 6.36. The molecule has 54 heavy (non-hydrogen) atoms. The maximum Gasteiger partial charge on any atom is 0.312 e.